The maximum absolute atomic E-state index is 13.7. The maximum Gasteiger partial charge on any atom is 0.274 e. The second-order valence-corrected chi connectivity index (χ2v) is 9.48. The first-order valence-electron chi connectivity index (χ1n) is 10.4. The SMILES string of the molecule is C=C1CC(c2nc3c(C)cccc3[nH]2)N(C(=O)c2nc(C)sc2-c2cccc(C)c2)C1. The highest BCUT2D eigenvalue weighted by Crippen LogP contribution is 2.38. The summed E-state index contributed by atoms with van der Waals surface area (Å²) < 4.78 is 0. The smallest absolute Gasteiger partial charge is 0.274 e. The third-order valence-electron chi connectivity index (χ3n) is 5.78. The molecule has 3 heterocycles. The van der Waals surface area contributed by atoms with Crippen LogP contribution in [0.5, 0.6) is 0 Å². The van der Waals surface area contributed by atoms with Crippen molar-refractivity contribution in [3.63, 3.8) is 0 Å². The van der Waals surface area contributed by atoms with Gasteiger partial charge in [-0.3, -0.25) is 4.79 Å². The van der Waals surface area contributed by atoms with Crippen LogP contribution in [0, 0.1) is 20.8 Å². The molecule has 4 aromatic rings. The minimum Gasteiger partial charge on any atom is -0.340 e. The molecular formula is C25H24N4OS. The fourth-order valence-corrected chi connectivity index (χ4v) is 5.21. The van der Waals surface area contributed by atoms with E-state index >= 15 is 0 Å². The van der Waals surface area contributed by atoms with Crippen LogP contribution in [-0.2, 0) is 0 Å². The lowest BCUT2D eigenvalue weighted by molar-refractivity contribution is 0.0728. The largest absolute Gasteiger partial charge is 0.340 e. The lowest BCUT2D eigenvalue weighted by atomic mass is 10.1. The van der Waals surface area contributed by atoms with Crippen LogP contribution in [0.1, 0.15) is 44.9 Å². The molecule has 1 fully saturated rings. The van der Waals surface area contributed by atoms with Crippen LogP contribution >= 0.6 is 11.3 Å². The van der Waals surface area contributed by atoms with E-state index in [0.29, 0.717) is 18.7 Å². The summed E-state index contributed by atoms with van der Waals surface area (Å²) in [5, 5.41) is 0.883. The van der Waals surface area contributed by atoms with Gasteiger partial charge in [0, 0.05) is 6.54 Å². The molecule has 1 aliphatic rings. The van der Waals surface area contributed by atoms with Gasteiger partial charge in [0.2, 0.25) is 0 Å². The van der Waals surface area contributed by atoms with E-state index in [1.165, 1.54) is 0 Å². The van der Waals surface area contributed by atoms with Gasteiger partial charge in [0.15, 0.2) is 0 Å². The van der Waals surface area contributed by atoms with Crippen molar-refractivity contribution in [2.75, 3.05) is 6.54 Å². The summed E-state index contributed by atoms with van der Waals surface area (Å²) in [5.41, 5.74) is 6.79. The number of carbonyl (C=O) groups excluding carboxylic acids is 1. The first-order valence-corrected chi connectivity index (χ1v) is 11.2. The average Bonchev–Trinajstić information content (AvgIpc) is 3.44. The number of nitrogens with one attached hydrogen (secondary N) is 1. The Morgan fingerprint density at radius 2 is 1.97 bits per heavy atom. The fraction of sp³-hybridized carbons (Fsp3) is 0.240. The molecule has 1 N–H and O–H groups in total. The van der Waals surface area contributed by atoms with E-state index in [0.717, 1.165) is 49.0 Å². The van der Waals surface area contributed by atoms with Crippen molar-refractivity contribution < 1.29 is 4.79 Å². The molecule has 31 heavy (non-hydrogen) atoms. The molecule has 0 spiro atoms. The number of likely N-dealkylation sites (tertiary alicyclic amines) is 1. The number of H-pyrrole nitrogens is 1. The number of benzene rings is 2. The lowest BCUT2D eigenvalue weighted by Crippen LogP contribution is -2.31. The van der Waals surface area contributed by atoms with Gasteiger partial charge in [-0.2, -0.15) is 0 Å². The lowest BCUT2D eigenvalue weighted by Gasteiger charge is -2.22. The number of nitrogens with zero attached hydrogens (tertiary/aromatic N) is 3. The van der Waals surface area contributed by atoms with Crippen LogP contribution in [0.25, 0.3) is 21.5 Å². The van der Waals surface area contributed by atoms with E-state index in [9.17, 15) is 4.79 Å². The topological polar surface area (TPSA) is 61.9 Å². The van der Waals surface area contributed by atoms with Gasteiger partial charge in [0.1, 0.15) is 11.5 Å². The summed E-state index contributed by atoms with van der Waals surface area (Å²) in [6.45, 7) is 10.7. The number of amides is 1. The zero-order valence-electron chi connectivity index (χ0n) is 17.9. The number of aromatic amines is 1. The predicted octanol–water partition coefficient (Wildman–Crippen LogP) is 5.76. The molecule has 2 aromatic carbocycles. The van der Waals surface area contributed by atoms with Gasteiger partial charge in [0.25, 0.3) is 5.91 Å². The normalized spacial score (nSPS) is 16.4. The van der Waals surface area contributed by atoms with Gasteiger partial charge in [-0.1, -0.05) is 54.1 Å². The number of aromatic nitrogens is 3. The summed E-state index contributed by atoms with van der Waals surface area (Å²) in [4.78, 5) is 29.4. The highest BCUT2D eigenvalue weighted by Gasteiger charge is 2.36. The fourth-order valence-electron chi connectivity index (χ4n) is 4.30. The molecule has 5 nitrogen and oxygen atoms in total. The van der Waals surface area contributed by atoms with Crippen molar-refractivity contribution in [2.24, 2.45) is 0 Å². The van der Waals surface area contributed by atoms with Crippen molar-refractivity contribution in [3.05, 3.63) is 82.3 Å². The minimum atomic E-state index is -0.167. The first-order chi connectivity index (χ1) is 14.9. The number of fused-ring (bicyclic) bond motifs is 1. The van der Waals surface area contributed by atoms with E-state index in [2.05, 4.69) is 48.6 Å². The van der Waals surface area contributed by atoms with E-state index in [4.69, 9.17) is 4.98 Å². The summed E-state index contributed by atoms with van der Waals surface area (Å²) >= 11 is 1.56. The van der Waals surface area contributed by atoms with Gasteiger partial charge in [-0.25, -0.2) is 9.97 Å². The molecule has 0 bridgehead atoms. The Balaban J connectivity index is 1.55. The van der Waals surface area contributed by atoms with Crippen LogP contribution in [-0.4, -0.2) is 32.3 Å². The summed E-state index contributed by atoms with van der Waals surface area (Å²) in [7, 11) is 0. The van der Waals surface area contributed by atoms with Gasteiger partial charge in [0.05, 0.1) is 27.0 Å². The molecular weight excluding hydrogens is 404 g/mol. The Bertz CT molecular complexity index is 1330. The van der Waals surface area contributed by atoms with E-state index in [-0.39, 0.29) is 11.9 Å². The molecule has 156 valence electrons. The van der Waals surface area contributed by atoms with Crippen molar-refractivity contribution in [1.29, 1.82) is 0 Å². The molecule has 0 saturated carbocycles. The Morgan fingerprint density at radius 1 is 1.16 bits per heavy atom. The van der Waals surface area contributed by atoms with Crippen LogP contribution in [0.15, 0.2) is 54.6 Å². The second-order valence-electron chi connectivity index (χ2n) is 8.28. The Morgan fingerprint density at radius 3 is 2.74 bits per heavy atom. The van der Waals surface area contributed by atoms with Gasteiger partial charge < -0.3 is 9.88 Å². The van der Waals surface area contributed by atoms with Crippen molar-refractivity contribution >= 4 is 28.3 Å². The Hall–Kier alpha value is -3.25. The van der Waals surface area contributed by atoms with Crippen molar-refractivity contribution in [3.8, 4) is 10.4 Å². The van der Waals surface area contributed by atoms with Crippen molar-refractivity contribution in [2.45, 2.75) is 33.2 Å². The summed E-state index contributed by atoms with van der Waals surface area (Å²) in [5.74, 6) is 0.738. The van der Waals surface area contributed by atoms with Crippen LogP contribution in [0.4, 0.5) is 0 Å². The number of hydrogen-bond acceptors (Lipinski definition) is 4. The van der Waals surface area contributed by atoms with Gasteiger partial charge >= 0.3 is 0 Å². The highest BCUT2D eigenvalue weighted by molar-refractivity contribution is 7.15. The number of carbonyl (C=O) groups is 1. The molecule has 1 atom stereocenters. The van der Waals surface area contributed by atoms with Crippen molar-refractivity contribution in [1.82, 2.24) is 19.9 Å². The third-order valence-corrected chi connectivity index (χ3v) is 6.80. The van der Waals surface area contributed by atoms with Crippen LogP contribution in [0.3, 0.4) is 0 Å². The number of aryl methyl sites for hydroxylation is 3. The number of hydrogen-bond donors (Lipinski definition) is 1. The van der Waals surface area contributed by atoms with Gasteiger partial charge in [-0.15, -0.1) is 11.3 Å². The molecule has 0 radical (unpaired) electrons. The summed E-state index contributed by atoms with van der Waals surface area (Å²) in [6, 6.07) is 14.1. The Labute approximate surface area is 185 Å². The molecule has 6 heteroatoms. The third kappa shape index (κ3) is 3.47. The molecule has 1 unspecified atom stereocenters. The maximum atomic E-state index is 13.7. The summed E-state index contributed by atoms with van der Waals surface area (Å²) in [6.07, 6.45) is 0.702. The average molecular weight is 429 g/mol. The monoisotopic (exact) mass is 428 g/mol. The van der Waals surface area contributed by atoms with E-state index in [1.807, 2.05) is 36.1 Å². The molecule has 1 aliphatic heterocycles. The number of para-hydroxylation sites is 1. The number of imidazole rings is 1. The predicted molar refractivity (Wildman–Crippen MR) is 125 cm³/mol. The number of rotatable bonds is 3. The zero-order valence-corrected chi connectivity index (χ0v) is 18.7. The standard InChI is InChI=1S/C25H24N4OS/c1-14-7-5-9-18(11-14)23-22(26-17(4)31-23)25(30)29-13-15(2)12-20(29)24-27-19-10-6-8-16(3)21(19)28-24/h5-11,20H,2,12-13H2,1,3-4H3,(H,27,28). The minimum absolute atomic E-state index is 0.0679. The van der Waals surface area contributed by atoms with Crippen LogP contribution in [0.2, 0.25) is 0 Å². The first kappa shape index (κ1) is 19.7. The van der Waals surface area contributed by atoms with Gasteiger partial charge in [-0.05, 0) is 44.4 Å². The molecule has 1 saturated heterocycles. The second kappa shape index (κ2) is 7.46. The highest BCUT2D eigenvalue weighted by atomic mass is 32.1. The Kier molecular flexibility index (Phi) is 4.74. The number of thiazole rings is 1. The molecule has 0 aliphatic carbocycles. The molecule has 5 rings (SSSR count). The van der Waals surface area contributed by atoms with E-state index in [1.54, 1.807) is 11.3 Å². The zero-order chi connectivity index (χ0) is 21.7. The van der Waals surface area contributed by atoms with Crippen LogP contribution < -0.4 is 0 Å². The molecule has 2 aromatic heterocycles. The van der Waals surface area contributed by atoms with E-state index < -0.39 is 0 Å². The quantitative estimate of drug-likeness (QED) is 0.422. The molecule has 1 amide bonds.